The second-order valence-corrected chi connectivity index (χ2v) is 4.29. The molecule has 0 saturated carbocycles. The molecule has 0 atom stereocenters. The van der Waals surface area contributed by atoms with Crippen molar-refractivity contribution >= 4 is 11.9 Å². The van der Waals surface area contributed by atoms with E-state index >= 15 is 0 Å². The maximum Gasteiger partial charge on any atom is 0.302 e. The van der Waals surface area contributed by atoms with Gasteiger partial charge in [0, 0.05) is 21.0 Å². The molecule has 0 radical (unpaired) electrons. The molecule has 0 heterocycles. The number of esters is 2. The van der Waals surface area contributed by atoms with Crippen LogP contribution in [0.15, 0.2) is 12.8 Å². The van der Waals surface area contributed by atoms with Crippen molar-refractivity contribution in [2.24, 2.45) is 5.41 Å². The van der Waals surface area contributed by atoms with Crippen LogP contribution in [0.4, 0.5) is 0 Å². The van der Waals surface area contributed by atoms with Crippen LogP contribution in [-0.4, -0.2) is 52.3 Å². The van der Waals surface area contributed by atoms with Crippen LogP contribution in [0.3, 0.4) is 0 Å². The normalized spacial score (nSPS) is 10.8. The van der Waals surface area contributed by atoms with Crippen molar-refractivity contribution in [2.75, 3.05) is 40.3 Å². The Morgan fingerprint density at radius 2 is 1.60 bits per heavy atom. The maximum atomic E-state index is 11.0. The Bertz CT molecular complexity index is 296. The van der Waals surface area contributed by atoms with Gasteiger partial charge in [-0.3, -0.25) is 9.59 Å². The summed E-state index contributed by atoms with van der Waals surface area (Å²) in [6.07, 6.45) is 1.25. The average Bonchev–Trinajstić information content (AvgIpc) is 2.39. The van der Waals surface area contributed by atoms with E-state index in [1.807, 2.05) is 0 Å². The summed E-state index contributed by atoms with van der Waals surface area (Å²) >= 11 is 0. The average molecular weight is 290 g/mol. The summed E-state index contributed by atoms with van der Waals surface area (Å²) < 4.78 is 25.2. The van der Waals surface area contributed by atoms with Crippen LogP contribution in [0.2, 0.25) is 0 Å². The molecule has 0 amide bonds. The topological polar surface area (TPSA) is 80.3 Å². The minimum absolute atomic E-state index is 0.00485. The highest BCUT2D eigenvalue weighted by Crippen LogP contribution is 2.20. The van der Waals surface area contributed by atoms with E-state index in [1.165, 1.54) is 27.2 Å². The van der Waals surface area contributed by atoms with Crippen LogP contribution < -0.4 is 0 Å². The lowest BCUT2D eigenvalue weighted by Crippen LogP contribution is -2.42. The lowest BCUT2D eigenvalue weighted by atomic mass is 9.92. The fourth-order valence-corrected chi connectivity index (χ4v) is 1.42. The van der Waals surface area contributed by atoms with Crippen molar-refractivity contribution in [3.63, 3.8) is 0 Å². The molecule has 0 bridgehead atoms. The van der Waals surface area contributed by atoms with Gasteiger partial charge >= 0.3 is 11.9 Å². The molecular weight excluding hydrogens is 268 g/mol. The quantitative estimate of drug-likeness (QED) is 0.242. The SMILES string of the molecule is C=COCOCC(COC)(COC(C)=O)COC(C)=O. The van der Waals surface area contributed by atoms with E-state index in [4.69, 9.17) is 23.7 Å². The number of carbonyl (C=O) groups excluding carboxylic acids is 2. The second kappa shape index (κ2) is 10.2. The van der Waals surface area contributed by atoms with E-state index < -0.39 is 17.4 Å². The highest BCUT2D eigenvalue weighted by molar-refractivity contribution is 5.66. The van der Waals surface area contributed by atoms with Gasteiger partial charge in [-0.05, 0) is 0 Å². The molecule has 0 aromatic heterocycles. The van der Waals surface area contributed by atoms with E-state index in [9.17, 15) is 9.59 Å². The molecule has 0 aromatic rings. The fourth-order valence-electron chi connectivity index (χ4n) is 1.42. The minimum Gasteiger partial charge on any atom is -0.476 e. The van der Waals surface area contributed by atoms with Gasteiger partial charge in [0.05, 0.1) is 24.9 Å². The van der Waals surface area contributed by atoms with Crippen molar-refractivity contribution in [1.29, 1.82) is 0 Å². The van der Waals surface area contributed by atoms with Crippen molar-refractivity contribution in [2.45, 2.75) is 13.8 Å². The van der Waals surface area contributed by atoms with Gasteiger partial charge in [0.1, 0.15) is 13.2 Å². The van der Waals surface area contributed by atoms with E-state index in [0.717, 1.165) is 0 Å². The van der Waals surface area contributed by atoms with Gasteiger partial charge in [0.2, 0.25) is 0 Å². The number of carbonyl (C=O) groups is 2. The van der Waals surface area contributed by atoms with Gasteiger partial charge in [0.15, 0.2) is 6.79 Å². The summed E-state index contributed by atoms with van der Waals surface area (Å²) in [4.78, 5) is 21.9. The Morgan fingerprint density at radius 3 is 2.00 bits per heavy atom. The smallest absolute Gasteiger partial charge is 0.302 e. The number of methoxy groups -OCH3 is 1. The third-order valence-electron chi connectivity index (χ3n) is 2.29. The van der Waals surface area contributed by atoms with Crippen LogP contribution >= 0.6 is 0 Å². The standard InChI is InChI=1S/C13H22O7/c1-5-17-10-18-7-13(6-16-4,8-19-11(2)14)9-20-12(3)15/h5H,1,6-10H2,2-4H3. The predicted octanol–water partition coefficient (Wildman–Crippen LogP) is 0.880. The molecule has 0 N–H and O–H groups in total. The minimum atomic E-state index is -0.781. The Balaban J connectivity index is 4.65. The zero-order valence-corrected chi connectivity index (χ0v) is 12.2. The maximum absolute atomic E-state index is 11.0. The third-order valence-corrected chi connectivity index (χ3v) is 2.29. The summed E-state index contributed by atoms with van der Waals surface area (Å²) in [6, 6.07) is 0. The molecule has 7 heteroatoms. The van der Waals surface area contributed by atoms with Crippen LogP contribution in [0.1, 0.15) is 13.8 Å². The molecule has 0 unspecified atom stereocenters. The summed E-state index contributed by atoms with van der Waals surface area (Å²) in [5, 5.41) is 0. The monoisotopic (exact) mass is 290 g/mol. The highest BCUT2D eigenvalue weighted by Gasteiger charge is 2.34. The van der Waals surface area contributed by atoms with Gasteiger partial charge < -0.3 is 23.7 Å². The Labute approximate surface area is 118 Å². The molecule has 0 fully saturated rings. The van der Waals surface area contributed by atoms with Crippen LogP contribution in [0, 0.1) is 5.41 Å². The lowest BCUT2D eigenvalue weighted by molar-refractivity contribution is -0.162. The molecule has 0 aromatic carbocycles. The van der Waals surface area contributed by atoms with Crippen molar-refractivity contribution in [3.05, 3.63) is 12.8 Å². The molecule has 116 valence electrons. The molecule has 0 rings (SSSR count). The molecule has 0 spiro atoms. The first-order chi connectivity index (χ1) is 9.45. The van der Waals surface area contributed by atoms with Gasteiger partial charge in [-0.2, -0.15) is 0 Å². The van der Waals surface area contributed by atoms with Crippen molar-refractivity contribution < 1.29 is 33.3 Å². The van der Waals surface area contributed by atoms with E-state index in [0.29, 0.717) is 0 Å². The predicted molar refractivity (Wildman–Crippen MR) is 69.7 cm³/mol. The number of ether oxygens (including phenoxy) is 5. The van der Waals surface area contributed by atoms with Gasteiger partial charge in [-0.15, -0.1) is 0 Å². The molecular formula is C13H22O7. The van der Waals surface area contributed by atoms with Gasteiger partial charge in [0.25, 0.3) is 0 Å². The molecule has 0 aliphatic carbocycles. The number of hydrogen-bond acceptors (Lipinski definition) is 7. The molecule has 0 aliphatic heterocycles. The second-order valence-electron chi connectivity index (χ2n) is 4.29. The van der Waals surface area contributed by atoms with Crippen molar-refractivity contribution in [1.82, 2.24) is 0 Å². The summed E-state index contributed by atoms with van der Waals surface area (Å²) in [5.74, 6) is -0.869. The van der Waals surface area contributed by atoms with E-state index in [1.54, 1.807) is 0 Å². The zero-order chi connectivity index (χ0) is 15.4. The van der Waals surface area contributed by atoms with Gasteiger partial charge in [-0.1, -0.05) is 6.58 Å². The van der Waals surface area contributed by atoms with Crippen molar-refractivity contribution in [3.8, 4) is 0 Å². The van der Waals surface area contributed by atoms with Crippen LogP contribution in [-0.2, 0) is 33.3 Å². The molecule has 7 nitrogen and oxygen atoms in total. The molecule has 20 heavy (non-hydrogen) atoms. The van der Waals surface area contributed by atoms with Crippen LogP contribution in [0.25, 0.3) is 0 Å². The number of hydrogen-bond donors (Lipinski definition) is 0. The third kappa shape index (κ3) is 8.49. The van der Waals surface area contributed by atoms with Crippen LogP contribution in [0.5, 0.6) is 0 Å². The first-order valence-corrected chi connectivity index (χ1v) is 6.01. The molecule has 0 aliphatic rings. The van der Waals surface area contributed by atoms with E-state index in [2.05, 4.69) is 6.58 Å². The first kappa shape index (κ1) is 18.4. The summed E-state index contributed by atoms with van der Waals surface area (Å²) in [5.41, 5.74) is -0.781. The lowest BCUT2D eigenvalue weighted by Gasteiger charge is -2.31. The highest BCUT2D eigenvalue weighted by atomic mass is 16.7. The molecule has 0 saturated heterocycles. The first-order valence-electron chi connectivity index (χ1n) is 6.01. The summed E-state index contributed by atoms with van der Waals surface area (Å²) in [6.45, 7) is 6.33. The Morgan fingerprint density at radius 1 is 1.05 bits per heavy atom. The largest absolute Gasteiger partial charge is 0.476 e. The summed E-state index contributed by atoms with van der Waals surface area (Å²) in [7, 11) is 1.50. The number of rotatable bonds is 11. The zero-order valence-electron chi connectivity index (χ0n) is 12.2. The van der Waals surface area contributed by atoms with E-state index in [-0.39, 0.29) is 33.2 Å². The fraction of sp³-hybridized carbons (Fsp3) is 0.692. The van der Waals surface area contributed by atoms with Gasteiger partial charge in [-0.25, -0.2) is 0 Å². The Hall–Kier alpha value is -1.60. The Kier molecular flexibility index (Phi) is 9.40.